The first-order valence-electron chi connectivity index (χ1n) is 6.65. The lowest BCUT2D eigenvalue weighted by Crippen LogP contribution is -2.38. The molecule has 3 rings (SSSR count). The molecule has 1 aromatic carbocycles. The average Bonchev–Trinajstić information content (AvgIpc) is 2.98. The van der Waals surface area contributed by atoms with E-state index in [0.29, 0.717) is 31.5 Å². The maximum Gasteiger partial charge on any atom is 0.257 e. The quantitative estimate of drug-likeness (QED) is 0.833. The number of amides is 1. The zero-order valence-corrected chi connectivity index (χ0v) is 11.0. The van der Waals surface area contributed by atoms with Gasteiger partial charge in [0.1, 0.15) is 5.78 Å². The number of carbonyl (C=O) groups is 2. The highest BCUT2D eigenvalue weighted by molar-refractivity contribution is 5.95. The van der Waals surface area contributed by atoms with Crippen molar-refractivity contribution in [2.45, 2.75) is 12.8 Å². The van der Waals surface area contributed by atoms with E-state index in [4.69, 9.17) is 0 Å². The lowest BCUT2D eigenvalue weighted by atomic mass is 10.1. The van der Waals surface area contributed by atoms with E-state index in [2.05, 4.69) is 5.10 Å². The summed E-state index contributed by atoms with van der Waals surface area (Å²) in [6.45, 7) is 1.02. The molecule has 5 heteroatoms. The third-order valence-corrected chi connectivity index (χ3v) is 3.46. The molecule has 102 valence electrons. The minimum atomic E-state index is -0.0559. The van der Waals surface area contributed by atoms with E-state index < -0.39 is 0 Å². The summed E-state index contributed by atoms with van der Waals surface area (Å²) in [4.78, 5) is 25.2. The van der Waals surface area contributed by atoms with Crippen LogP contribution < -0.4 is 0 Å². The Kier molecular flexibility index (Phi) is 3.33. The first kappa shape index (κ1) is 12.6. The van der Waals surface area contributed by atoms with Gasteiger partial charge in [0.2, 0.25) is 0 Å². The number of hydrogen-bond acceptors (Lipinski definition) is 3. The van der Waals surface area contributed by atoms with Gasteiger partial charge in [0.15, 0.2) is 0 Å². The number of likely N-dealkylation sites (tertiary alicyclic amines) is 1. The van der Waals surface area contributed by atoms with Crippen LogP contribution >= 0.6 is 0 Å². The zero-order chi connectivity index (χ0) is 13.9. The van der Waals surface area contributed by atoms with Crippen LogP contribution in [-0.2, 0) is 4.79 Å². The highest BCUT2D eigenvalue weighted by Gasteiger charge is 2.22. The van der Waals surface area contributed by atoms with Gasteiger partial charge in [-0.05, 0) is 12.1 Å². The number of benzene rings is 1. The Morgan fingerprint density at radius 3 is 2.50 bits per heavy atom. The topological polar surface area (TPSA) is 55.2 Å². The van der Waals surface area contributed by atoms with Crippen molar-refractivity contribution in [2.24, 2.45) is 0 Å². The number of piperidine rings is 1. The molecule has 1 amide bonds. The minimum absolute atomic E-state index is 0.0559. The molecule has 20 heavy (non-hydrogen) atoms. The summed E-state index contributed by atoms with van der Waals surface area (Å²) in [7, 11) is 0. The fraction of sp³-hybridized carbons (Fsp3) is 0.267. The maximum atomic E-state index is 12.3. The summed E-state index contributed by atoms with van der Waals surface area (Å²) in [6.07, 6.45) is 4.22. The number of ketones is 1. The van der Waals surface area contributed by atoms with Crippen LogP contribution in [0, 0.1) is 0 Å². The Hall–Kier alpha value is -2.43. The van der Waals surface area contributed by atoms with Crippen molar-refractivity contribution in [1.82, 2.24) is 14.7 Å². The minimum Gasteiger partial charge on any atom is -0.338 e. The van der Waals surface area contributed by atoms with E-state index in [0.717, 1.165) is 5.69 Å². The predicted octanol–water partition coefficient (Wildman–Crippen LogP) is 1.68. The second-order valence-corrected chi connectivity index (χ2v) is 4.84. The number of aromatic nitrogens is 2. The molecule has 0 saturated carbocycles. The molecule has 2 aromatic rings. The number of carbonyl (C=O) groups excluding carboxylic acids is 2. The van der Waals surface area contributed by atoms with Gasteiger partial charge in [0.05, 0.1) is 17.4 Å². The molecule has 0 radical (unpaired) electrons. The monoisotopic (exact) mass is 269 g/mol. The van der Waals surface area contributed by atoms with E-state index in [1.165, 1.54) is 0 Å². The molecule has 0 bridgehead atoms. The van der Waals surface area contributed by atoms with Crippen LogP contribution in [-0.4, -0.2) is 39.5 Å². The zero-order valence-electron chi connectivity index (χ0n) is 11.0. The highest BCUT2D eigenvalue weighted by Crippen LogP contribution is 2.13. The van der Waals surface area contributed by atoms with Gasteiger partial charge in [-0.3, -0.25) is 9.59 Å². The average molecular weight is 269 g/mol. The molecule has 0 aliphatic carbocycles. The molecule has 1 aromatic heterocycles. The Morgan fingerprint density at radius 2 is 1.80 bits per heavy atom. The van der Waals surface area contributed by atoms with E-state index in [9.17, 15) is 9.59 Å². The third-order valence-electron chi connectivity index (χ3n) is 3.46. The standard InChI is InChI=1S/C15H15N3O2/c19-14-6-8-17(9-7-14)15(20)12-10-16-18(11-12)13-4-2-1-3-5-13/h1-5,10-11H,6-9H2. The Balaban J connectivity index is 1.77. The van der Waals surface area contributed by atoms with Gasteiger partial charge in [-0.1, -0.05) is 18.2 Å². The van der Waals surface area contributed by atoms with Gasteiger partial charge >= 0.3 is 0 Å². The molecular weight excluding hydrogens is 254 g/mol. The normalized spacial score (nSPS) is 15.4. The van der Waals surface area contributed by atoms with Crippen LogP contribution in [0.3, 0.4) is 0 Å². The van der Waals surface area contributed by atoms with Crippen LogP contribution in [0.1, 0.15) is 23.2 Å². The fourth-order valence-corrected chi connectivity index (χ4v) is 2.30. The van der Waals surface area contributed by atoms with Gasteiger partial charge in [-0.2, -0.15) is 5.10 Å². The molecule has 1 saturated heterocycles. The van der Waals surface area contributed by atoms with E-state index >= 15 is 0 Å². The van der Waals surface area contributed by atoms with Gasteiger partial charge in [-0.25, -0.2) is 4.68 Å². The van der Waals surface area contributed by atoms with Gasteiger partial charge in [-0.15, -0.1) is 0 Å². The number of nitrogens with zero attached hydrogens (tertiary/aromatic N) is 3. The SMILES string of the molecule is O=C1CCN(C(=O)c2cnn(-c3ccccc3)c2)CC1. The summed E-state index contributed by atoms with van der Waals surface area (Å²) in [5.74, 6) is 0.175. The largest absolute Gasteiger partial charge is 0.338 e. The molecule has 0 atom stereocenters. The summed E-state index contributed by atoms with van der Waals surface area (Å²) in [5, 5.41) is 4.22. The molecule has 1 fully saturated rings. The third kappa shape index (κ3) is 2.47. The molecule has 1 aliphatic rings. The first-order valence-corrected chi connectivity index (χ1v) is 6.65. The summed E-state index contributed by atoms with van der Waals surface area (Å²) < 4.78 is 1.68. The summed E-state index contributed by atoms with van der Waals surface area (Å²) >= 11 is 0. The second kappa shape index (κ2) is 5.28. The van der Waals surface area contributed by atoms with Crippen LogP contribution in [0.15, 0.2) is 42.7 Å². The molecular formula is C15H15N3O2. The molecule has 0 spiro atoms. The van der Waals surface area contributed by atoms with Crippen LogP contribution in [0.5, 0.6) is 0 Å². The Labute approximate surface area is 116 Å². The van der Waals surface area contributed by atoms with E-state index in [-0.39, 0.29) is 11.7 Å². The number of para-hydroxylation sites is 1. The smallest absolute Gasteiger partial charge is 0.257 e. The van der Waals surface area contributed by atoms with Crippen molar-refractivity contribution in [1.29, 1.82) is 0 Å². The number of Topliss-reactive ketones (excluding diaryl/α,β-unsaturated/α-hetero) is 1. The van der Waals surface area contributed by atoms with Gasteiger partial charge in [0.25, 0.3) is 5.91 Å². The van der Waals surface area contributed by atoms with Crippen molar-refractivity contribution < 1.29 is 9.59 Å². The number of rotatable bonds is 2. The predicted molar refractivity (Wildman–Crippen MR) is 73.7 cm³/mol. The molecule has 1 aliphatic heterocycles. The number of hydrogen-bond donors (Lipinski definition) is 0. The van der Waals surface area contributed by atoms with Crippen molar-refractivity contribution in [3.8, 4) is 5.69 Å². The molecule has 0 N–H and O–H groups in total. The molecule has 5 nitrogen and oxygen atoms in total. The first-order chi connectivity index (χ1) is 9.74. The van der Waals surface area contributed by atoms with Crippen LogP contribution in [0.25, 0.3) is 5.69 Å². The summed E-state index contributed by atoms with van der Waals surface area (Å²) in [6, 6.07) is 9.65. The van der Waals surface area contributed by atoms with Crippen LogP contribution in [0.4, 0.5) is 0 Å². The van der Waals surface area contributed by atoms with Crippen molar-refractivity contribution in [3.63, 3.8) is 0 Å². The van der Waals surface area contributed by atoms with Crippen molar-refractivity contribution >= 4 is 11.7 Å². The Bertz CT molecular complexity index is 624. The highest BCUT2D eigenvalue weighted by atomic mass is 16.2. The fourth-order valence-electron chi connectivity index (χ4n) is 2.30. The van der Waals surface area contributed by atoms with Gasteiger partial charge < -0.3 is 4.90 Å². The van der Waals surface area contributed by atoms with Crippen molar-refractivity contribution in [2.75, 3.05) is 13.1 Å². The van der Waals surface area contributed by atoms with Gasteiger partial charge in [0, 0.05) is 32.1 Å². The molecule has 2 heterocycles. The van der Waals surface area contributed by atoms with E-state index in [1.807, 2.05) is 30.3 Å². The molecule has 0 unspecified atom stereocenters. The second-order valence-electron chi connectivity index (χ2n) is 4.84. The lowest BCUT2D eigenvalue weighted by Gasteiger charge is -2.25. The maximum absolute atomic E-state index is 12.3. The van der Waals surface area contributed by atoms with E-state index in [1.54, 1.807) is 22.0 Å². The van der Waals surface area contributed by atoms with Crippen LogP contribution in [0.2, 0.25) is 0 Å². The van der Waals surface area contributed by atoms with Crippen molar-refractivity contribution in [3.05, 3.63) is 48.3 Å². The lowest BCUT2D eigenvalue weighted by molar-refractivity contribution is -0.120. The Morgan fingerprint density at radius 1 is 1.10 bits per heavy atom. The summed E-state index contributed by atoms with van der Waals surface area (Å²) in [5.41, 5.74) is 1.48.